The van der Waals surface area contributed by atoms with Gasteiger partial charge >= 0.3 is 0 Å². The monoisotopic (exact) mass is 268 g/mol. The van der Waals surface area contributed by atoms with Gasteiger partial charge in [0.1, 0.15) is 0 Å². The lowest BCUT2D eigenvalue weighted by Gasteiger charge is -2.27. The highest BCUT2D eigenvalue weighted by molar-refractivity contribution is 7.09. The van der Waals surface area contributed by atoms with Gasteiger partial charge in [0.05, 0.1) is 10.7 Å². The van der Waals surface area contributed by atoms with Gasteiger partial charge < -0.3 is 10.5 Å². The van der Waals surface area contributed by atoms with E-state index in [-0.39, 0.29) is 11.5 Å². The van der Waals surface area contributed by atoms with Gasteiger partial charge in [0.2, 0.25) is 0 Å². The van der Waals surface area contributed by atoms with E-state index in [0.29, 0.717) is 5.92 Å². The Bertz CT molecular complexity index is 377. The normalized spacial score (nSPS) is 20.0. The lowest BCUT2D eigenvalue weighted by atomic mass is 9.90. The standard InChI is InChI=1S/C14H24N2OS/c1-14(2,3)12-9-18-13(16-12)8-11(15)10-4-6-17-7-5-10/h9-11H,4-8,15H2,1-3H3. The van der Waals surface area contributed by atoms with Crippen molar-refractivity contribution in [3.8, 4) is 0 Å². The lowest BCUT2D eigenvalue weighted by Crippen LogP contribution is -2.36. The molecule has 1 saturated heterocycles. The molecule has 3 nitrogen and oxygen atoms in total. The molecule has 1 aromatic rings. The summed E-state index contributed by atoms with van der Waals surface area (Å²) in [6, 6.07) is 0.230. The Hall–Kier alpha value is -0.450. The average molecular weight is 268 g/mol. The Morgan fingerprint density at radius 1 is 1.44 bits per heavy atom. The molecule has 1 unspecified atom stereocenters. The molecule has 0 saturated carbocycles. The van der Waals surface area contributed by atoms with E-state index in [2.05, 4.69) is 26.2 Å². The van der Waals surface area contributed by atoms with Crippen LogP contribution in [0.2, 0.25) is 0 Å². The number of aromatic nitrogens is 1. The van der Waals surface area contributed by atoms with Crippen molar-refractivity contribution >= 4 is 11.3 Å². The van der Waals surface area contributed by atoms with Crippen LogP contribution in [0.15, 0.2) is 5.38 Å². The molecule has 2 rings (SSSR count). The molecule has 0 aliphatic carbocycles. The Balaban J connectivity index is 1.94. The van der Waals surface area contributed by atoms with Gasteiger partial charge in [-0.25, -0.2) is 4.98 Å². The third-order valence-electron chi connectivity index (χ3n) is 3.60. The smallest absolute Gasteiger partial charge is 0.0944 e. The summed E-state index contributed by atoms with van der Waals surface area (Å²) in [6.07, 6.45) is 3.10. The van der Waals surface area contributed by atoms with Gasteiger partial charge in [-0.3, -0.25) is 0 Å². The van der Waals surface area contributed by atoms with Crippen molar-refractivity contribution in [1.29, 1.82) is 0 Å². The van der Waals surface area contributed by atoms with Crippen molar-refractivity contribution in [3.05, 3.63) is 16.1 Å². The third-order valence-corrected chi connectivity index (χ3v) is 4.47. The minimum absolute atomic E-state index is 0.136. The minimum atomic E-state index is 0.136. The van der Waals surface area contributed by atoms with Crippen molar-refractivity contribution in [2.24, 2.45) is 11.7 Å². The number of thiazole rings is 1. The van der Waals surface area contributed by atoms with E-state index in [0.717, 1.165) is 32.5 Å². The molecular weight excluding hydrogens is 244 g/mol. The summed E-state index contributed by atoms with van der Waals surface area (Å²) in [4.78, 5) is 4.72. The van der Waals surface area contributed by atoms with Crippen molar-refractivity contribution in [1.82, 2.24) is 4.98 Å². The van der Waals surface area contributed by atoms with Crippen LogP contribution in [0.5, 0.6) is 0 Å². The Kier molecular flexibility index (Phi) is 4.41. The van der Waals surface area contributed by atoms with Crippen LogP contribution in [0.4, 0.5) is 0 Å². The molecule has 0 radical (unpaired) electrons. The van der Waals surface area contributed by atoms with Crippen LogP contribution in [0, 0.1) is 5.92 Å². The molecule has 4 heteroatoms. The second-order valence-electron chi connectivity index (χ2n) is 6.19. The van der Waals surface area contributed by atoms with Crippen LogP contribution in [-0.4, -0.2) is 24.2 Å². The second-order valence-corrected chi connectivity index (χ2v) is 7.14. The van der Waals surface area contributed by atoms with Crippen LogP contribution in [0.25, 0.3) is 0 Å². The molecule has 2 N–H and O–H groups in total. The summed E-state index contributed by atoms with van der Waals surface area (Å²) in [5.41, 5.74) is 7.63. The number of nitrogens with zero attached hydrogens (tertiary/aromatic N) is 1. The van der Waals surface area contributed by atoms with E-state index < -0.39 is 0 Å². The quantitative estimate of drug-likeness (QED) is 0.917. The number of nitrogens with two attached hydrogens (primary N) is 1. The highest BCUT2D eigenvalue weighted by Gasteiger charge is 2.23. The maximum Gasteiger partial charge on any atom is 0.0944 e. The predicted molar refractivity (Wildman–Crippen MR) is 76.0 cm³/mol. The number of hydrogen-bond acceptors (Lipinski definition) is 4. The summed E-state index contributed by atoms with van der Waals surface area (Å²) >= 11 is 1.75. The first-order valence-corrected chi connectivity index (χ1v) is 7.63. The predicted octanol–water partition coefficient (Wildman–Crippen LogP) is 2.74. The van der Waals surface area contributed by atoms with Crippen molar-refractivity contribution in [3.63, 3.8) is 0 Å². The molecule has 102 valence electrons. The van der Waals surface area contributed by atoms with E-state index in [1.807, 2.05) is 0 Å². The molecule has 0 aromatic carbocycles. The second kappa shape index (κ2) is 5.68. The largest absolute Gasteiger partial charge is 0.381 e. The fourth-order valence-corrected chi connectivity index (χ4v) is 3.36. The summed E-state index contributed by atoms with van der Waals surface area (Å²) in [6.45, 7) is 8.33. The average Bonchev–Trinajstić information content (AvgIpc) is 2.78. The van der Waals surface area contributed by atoms with Crippen LogP contribution in [-0.2, 0) is 16.6 Å². The molecule has 1 aliphatic rings. The molecule has 2 heterocycles. The number of hydrogen-bond donors (Lipinski definition) is 1. The first-order chi connectivity index (χ1) is 8.47. The Labute approximate surface area is 114 Å². The summed E-state index contributed by atoms with van der Waals surface area (Å²) in [7, 11) is 0. The maximum absolute atomic E-state index is 6.31. The van der Waals surface area contributed by atoms with Gasteiger partial charge in [-0.15, -0.1) is 11.3 Å². The van der Waals surface area contributed by atoms with E-state index in [4.69, 9.17) is 15.5 Å². The first kappa shape index (κ1) is 14.0. The molecule has 0 spiro atoms. The van der Waals surface area contributed by atoms with Gasteiger partial charge in [0.15, 0.2) is 0 Å². The summed E-state index contributed by atoms with van der Waals surface area (Å²) < 4.78 is 5.38. The molecule has 1 aromatic heterocycles. The molecule has 0 amide bonds. The lowest BCUT2D eigenvalue weighted by molar-refractivity contribution is 0.0585. The van der Waals surface area contributed by atoms with Gasteiger partial charge in [-0.1, -0.05) is 20.8 Å². The van der Waals surface area contributed by atoms with Gasteiger partial charge in [0.25, 0.3) is 0 Å². The van der Waals surface area contributed by atoms with Crippen molar-refractivity contribution < 1.29 is 4.74 Å². The Morgan fingerprint density at radius 3 is 2.67 bits per heavy atom. The first-order valence-electron chi connectivity index (χ1n) is 6.75. The summed E-state index contributed by atoms with van der Waals surface area (Å²) in [5, 5.41) is 3.35. The highest BCUT2D eigenvalue weighted by Crippen LogP contribution is 2.26. The van der Waals surface area contributed by atoms with E-state index in [1.54, 1.807) is 11.3 Å². The van der Waals surface area contributed by atoms with Gasteiger partial charge in [0, 0.05) is 36.5 Å². The van der Waals surface area contributed by atoms with Crippen LogP contribution in [0.1, 0.15) is 44.3 Å². The van der Waals surface area contributed by atoms with Gasteiger partial charge in [-0.05, 0) is 18.8 Å². The Morgan fingerprint density at radius 2 is 2.11 bits per heavy atom. The molecule has 0 bridgehead atoms. The topological polar surface area (TPSA) is 48.1 Å². The van der Waals surface area contributed by atoms with Crippen molar-refractivity contribution in [2.45, 2.75) is 51.5 Å². The van der Waals surface area contributed by atoms with Crippen LogP contribution < -0.4 is 5.73 Å². The van der Waals surface area contributed by atoms with Crippen molar-refractivity contribution in [2.75, 3.05) is 13.2 Å². The van der Waals surface area contributed by atoms with Crippen LogP contribution >= 0.6 is 11.3 Å². The zero-order valence-corrected chi connectivity index (χ0v) is 12.4. The fraction of sp³-hybridized carbons (Fsp3) is 0.786. The number of rotatable bonds is 3. The molecule has 1 aliphatic heterocycles. The van der Waals surface area contributed by atoms with Gasteiger partial charge in [-0.2, -0.15) is 0 Å². The highest BCUT2D eigenvalue weighted by atomic mass is 32.1. The molecule has 1 atom stereocenters. The van der Waals surface area contributed by atoms with E-state index in [1.165, 1.54) is 10.7 Å². The minimum Gasteiger partial charge on any atom is -0.381 e. The molecular formula is C14H24N2OS. The fourth-order valence-electron chi connectivity index (χ4n) is 2.26. The van der Waals surface area contributed by atoms with E-state index >= 15 is 0 Å². The zero-order valence-electron chi connectivity index (χ0n) is 11.6. The SMILES string of the molecule is CC(C)(C)c1csc(CC(N)C2CCOCC2)n1. The molecule has 18 heavy (non-hydrogen) atoms. The molecule has 1 fully saturated rings. The third kappa shape index (κ3) is 3.53. The van der Waals surface area contributed by atoms with E-state index in [9.17, 15) is 0 Å². The number of ether oxygens (including phenoxy) is 1. The zero-order chi connectivity index (χ0) is 13.2. The van der Waals surface area contributed by atoms with Crippen LogP contribution in [0.3, 0.4) is 0 Å². The maximum atomic E-state index is 6.31. The summed E-state index contributed by atoms with van der Waals surface area (Å²) in [5.74, 6) is 0.598.